The topological polar surface area (TPSA) is 37.3 Å². The minimum atomic E-state index is 0.370. The molecule has 1 N–H and O–H groups in total. The van der Waals surface area contributed by atoms with Crippen LogP contribution in [0.2, 0.25) is 0 Å². The van der Waals surface area contributed by atoms with Gasteiger partial charge in [-0.1, -0.05) is 19.4 Å². The maximum atomic E-state index is 11.9. The molecule has 4 fully saturated rings. The fraction of sp³-hybridized carbons (Fsp3) is 0.864. The molecule has 0 aromatic rings. The van der Waals surface area contributed by atoms with E-state index in [0.717, 1.165) is 42.9 Å². The molecule has 8 atom stereocenters. The smallest absolute Gasteiger partial charge is 0.155 e. The molecular formula is C22H32O2. The highest BCUT2D eigenvalue weighted by atomic mass is 16.3. The summed E-state index contributed by atoms with van der Waals surface area (Å²) in [4.78, 5) is 11.9. The number of allylic oxidation sites excluding steroid dienone is 1. The van der Waals surface area contributed by atoms with Gasteiger partial charge in [0.1, 0.15) is 0 Å². The van der Waals surface area contributed by atoms with Crippen molar-refractivity contribution in [2.45, 2.75) is 65.2 Å². The van der Waals surface area contributed by atoms with E-state index in [1.807, 2.05) is 6.08 Å². The number of ketones is 1. The Morgan fingerprint density at radius 1 is 1.33 bits per heavy atom. The van der Waals surface area contributed by atoms with Crippen LogP contribution in [-0.2, 0) is 4.79 Å². The monoisotopic (exact) mass is 328 g/mol. The quantitative estimate of drug-likeness (QED) is 0.817. The molecule has 0 saturated heterocycles. The van der Waals surface area contributed by atoms with Crippen molar-refractivity contribution < 1.29 is 9.90 Å². The first kappa shape index (κ1) is 15.6. The van der Waals surface area contributed by atoms with Gasteiger partial charge in [0.15, 0.2) is 5.78 Å². The Morgan fingerprint density at radius 2 is 2.17 bits per heavy atom. The van der Waals surface area contributed by atoms with E-state index in [2.05, 4.69) is 13.8 Å². The summed E-state index contributed by atoms with van der Waals surface area (Å²) in [6.07, 6.45) is 11.7. The standard InChI is InChI=1S/C22H32O2/c1-3-21-7-6-19-18-5-4-17(24)9-14(18)8-13(2)20(19)22(21)11-15(22)10-16(21)12-23/h9,13,15-16,18-20,23H,3-8,10-12H2,1-2H3/t13-,15-,16+,18+,19-,20-,21?,22-/m1/s1. The van der Waals surface area contributed by atoms with Gasteiger partial charge in [0.05, 0.1) is 0 Å². The van der Waals surface area contributed by atoms with Crippen molar-refractivity contribution in [3.05, 3.63) is 11.6 Å². The fourth-order valence-electron chi connectivity index (χ4n) is 8.86. The minimum absolute atomic E-state index is 0.370. The predicted molar refractivity (Wildman–Crippen MR) is 94.3 cm³/mol. The van der Waals surface area contributed by atoms with E-state index in [9.17, 15) is 9.90 Å². The van der Waals surface area contributed by atoms with E-state index in [4.69, 9.17) is 0 Å². The molecule has 0 aliphatic heterocycles. The van der Waals surface area contributed by atoms with E-state index in [0.29, 0.717) is 35.1 Å². The number of carbonyl (C=O) groups excluding carboxylic acids is 1. The van der Waals surface area contributed by atoms with Crippen LogP contribution in [0.1, 0.15) is 65.2 Å². The normalized spacial score (nSPS) is 55.1. The lowest BCUT2D eigenvalue weighted by molar-refractivity contribution is -0.118. The number of fused-ring (bicyclic) bond motifs is 3. The first-order chi connectivity index (χ1) is 11.6. The van der Waals surface area contributed by atoms with Gasteiger partial charge in [0, 0.05) is 13.0 Å². The van der Waals surface area contributed by atoms with Gasteiger partial charge in [-0.15, -0.1) is 0 Å². The molecule has 0 bridgehead atoms. The van der Waals surface area contributed by atoms with Crippen molar-refractivity contribution in [1.82, 2.24) is 0 Å². The summed E-state index contributed by atoms with van der Waals surface area (Å²) in [6.45, 7) is 5.26. The van der Waals surface area contributed by atoms with Gasteiger partial charge in [-0.3, -0.25) is 4.79 Å². The average Bonchev–Trinajstić information content (AvgIpc) is 3.20. The highest BCUT2D eigenvalue weighted by molar-refractivity contribution is 5.91. The summed E-state index contributed by atoms with van der Waals surface area (Å²) in [6, 6.07) is 0. The maximum Gasteiger partial charge on any atom is 0.155 e. The highest BCUT2D eigenvalue weighted by Crippen LogP contribution is 2.84. The molecule has 0 heterocycles. The predicted octanol–water partition coefficient (Wildman–Crippen LogP) is 4.37. The van der Waals surface area contributed by atoms with Crippen molar-refractivity contribution in [2.24, 2.45) is 46.3 Å². The summed E-state index contributed by atoms with van der Waals surface area (Å²) >= 11 is 0. The highest BCUT2D eigenvalue weighted by Gasteiger charge is 2.78. The third-order valence-corrected chi connectivity index (χ3v) is 9.47. The SMILES string of the molecule is CCC12CC[C@H]3[C@@H]([C@H](C)CC4=CC(=O)CC[C@@H]43)[C@]13C[C@H]3C[C@H]2CO. The van der Waals surface area contributed by atoms with Gasteiger partial charge in [0.2, 0.25) is 0 Å². The number of hydrogen-bond acceptors (Lipinski definition) is 2. The van der Waals surface area contributed by atoms with Crippen LogP contribution in [0.4, 0.5) is 0 Å². The van der Waals surface area contributed by atoms with Gasteiger partial charge in [-0.2, -0.15) is 0 Å². The van der Waals surface area contributed by atoms with Crippen LogP contribution in [0, 0.1) is 46.3 Å². The Balaban J connectivity index is 1.56. The molecule has 0 aromatic carbocycles. The number of carbonyl (C=O) groups is 1. The van der Waals surface area contributed by atoms with E-state index < -0.39 is 0 Å². The Hall–Kier alpha value is -0.630. The van der Waals surface area contributed by atoms with Crippen molar-refractivity contribution in [3.8, 4) is 0 Å². The van der Waals surface area contributed by atoms with Gasteiger partial charge >= 0.3 is 0 Å². The third-order valence-electron chi connectivity index (χ3n) is 9.47. The molecule has 2 heteroatoms. The third kappa shape index (κ3) is 1.65. The molecular weight excluding hydrogens is 296 g/mol. The number of rotatable bonds is 2. The first-order valence-electron chi connectivity index (χ1n) is 10.4. The van der Waals surface area contributed by atoms with Crippen LogP contribution in [0.5, 0.6) is 0 Å². The second kappa shape index (κ2) is 4.96. The summed E-state index contributed by atoms with van der Waals surface area (Å²) in [5, 5.41) is 10.1. The number of aliphatic hydroxyl groups excluding tert-OH is 1. The molecule has 132 valence electrons. The van der Waals surface area contributed by atoms with E-state index >= 15 is 0 Å². The zero-order valence-corrected chi connectivity index (χ0v) is 15.3. The molecule has 5 rings (SSSR count). The second-order valence-corrected chi connectivity index (χ2v) is 9.81. The van der Waals surface area contributed by atoms with Crippen molar-refractivity contribution in [1.29, 1.82) is 0 Å². The molecule has 0 amide bonds. The fourth-order valence-corrected chi connectivity index (χ4v) is 8.86. The van der Waals surface area contributed by atoms with Gasteiger partial charge in [-0.25, -0.2) is 0 Å². The van der Waals surface area contributed by atoms with Gasteiger partial charge < -0.3 is 5.11 Å². The Morgan fingerprint density at radius 3 is 2.92 bits per heavy atom. The lowest BCUT2D eigenvalue weighted by atomic mass is 9.45. The van der Waals surface area contributed by atoms with Crippen LogP contribution < -0.4 is 0 Å². The summed E-state index contributed by atoms with van der Waals surface area (Å²) < 4.78 is 0. The Bertz CT molecular complexity index is 607. The van der Waals surface area contributed by atoms with Gasteiger partial charge in [0.25, 0.3) is 0 Å². The van der Waals surface area contributed by atoms with E-state index in [1.54, 1.807) is 0 Å². The second-order valence-electron chi connectivity index (χ2n) is 9.81. The van der Waals surface area contributed by atoms with Crippen molar-refractivity contribution in [3.63, 3.8) is 0 Å². The van der Waals surface area contributed by atoms with Crippen LogP contribution in [0.25, 0.3) is 0 Å². The van der Waals surface area contributed by atoms with Crippen molar-refractivity contribution in [2.75, 3.05) is 6.61 Å². The van der Waals surface area contributed by atoms with Crippen molar-refractivity contribution >= 4 is 5.78 Å². The van der Waals surface area contributed by atoms with E-state index in [1.165, 1.54) is 37.7 Å². The van der Waals surface area contributed by atoms with Crippen LogP contribution >= 0.6 is 0 Å². The molecule has 5 aliphatic carbocycles. The molecule has 2 nitrogen and oxygen atoms in total. The molecule has 4 saturated carbocycles. The average molecular weight is 328 g/mol. The summed E-state index contributed by atoms with van der Waals surface area (Å²) in [5.74, 6) is 4.90. The van der Waals surface area contributed by atoms with Crippen LogP contribution in [-0.4, -0.2) is 17.5 Å². The zero-order chi connectivity index (χ0) is 16.7. The van der Waals surface area contributed by atoms with Gasteiger partial charge in [-0.05, 0) is 97.4 Å². The molecule has 1 spiro atoms. The zero-order valence-electron chi connectivity index (χ0n) is 15.3. The molecule has 5 aliphatic rings. The lowest BCUT2D eigenvalue weighted by Crippen LogP contribution is -2.53. The summed E-state index contributed by atoms with van der Waals surface area (Å²) in [5.41, 5.74) is 2.46. The minimum Gasteiger partial charge on any atom is -0.396 e. The maximum absolute atomic E-state index is 11.9. The molecule has 24 heavy (non-hydrogen) atoms. The molecule has 1 unspecified atom stereocenters. The number of aliphatic hydroxyl groups is 1. The molecule has 0 aromatic heterocycles. The summed E-state index contributed by atoms with van der Waals surface area (Å²) in [7, 11) is 0. The first-order valence-corrected chi connectivity index (χ1v) is 10.4. The largest absolute Gasteiger partial charge is 0.396 e. The molecule has 0 radical (unpaired) electrons. The van der Waals surface area contributed by atoms with E-state index in [-0.39, 0.29) is 0 Å². The number of hydrogen-bond donors (Lipinski definition) is 1. The van der Waals surface area contributed by atoms with Crippen LogP contribution in [0.3, 0.4) is 0 Å². The Labute approximate surface area is 146 Å². The van der Waals surface area contributed by atoms with Crippen LogP contribution in [0.15, 0.2) is 11.6 Å². The Kier molecular flexibility index (Phi) is 3.23. The lowest BCUT2D eigenvalue weighted by Gasteiger charge is -2.59.